The molecule has 0 bridgehead atoms. The summed E-state index contributed by atoms with van der Waals surface area (Å²) in [6.45, 7) is 5.68. The normalized spacial score (nSPS) is 11.7. The Bertz CT molecular complexity index is 642. The number of allylic oxidation sites excluding steroid dienone is 1. The van der Waals surface area contributed by atoms with Gasteiger partial charge >= 0.3 is 0 Å². The highest BCUT2D eigenvalue weighted by Gasteiger charge is 2.05. The van der Waals surface area contributed by atoms with Gasteiger partial charge in [0.25, 0.3) is 0 Å². The van der Waals surface area contributed by atoms with Crippen LogP contribution in [0.25, 0.3) is 10.9 Å². The average molecular weight is 312 g/mol. The molecule has 0 saturated carbocycles. The molecule has 4 nitrogen and oxygen atoms in total. The van der Waals surface area contributed by atoms with E-state index >= 15 is 0 Å². The van der Waals surface area contributed by atoms with Crippen LogP contribution < -0.4 is 5.32 Å². The lowest BCUT2D eigenvalue weighted by Gasteiger charge is -2.21. The second kappa shape index (κ2) is 9.03. The monoisotopic (exact) mass is 312 g/mol. The van der Waals surface area contributed by atoms with E-state index < -0.39 is 0 Å². The molecule has 0 atom stereocenters. The van der Waals surface area contributed by atoms with Crippen LogP contribution in [0.2, 0.25) is 0 Å². The molecule has 0 aliphatic rings. The van der Waals surface area contributed by atoms with E-state index in [0.29, 0.717) is 0 Å². The number of benzene rings is 1. The predicted molar refractivity (Wildman–Crippen MR) is 100 cm³/mol. The van der Waals surface area contributed by atoms with Gasteiger partial charge in [0, 0.05) is 44.3 Å². The fourth-order valence-electron chi connectivity index (χ4n) is 2.78. The first-order chi connectivity index (χ1) is 11.3. The van der Waals surface area contributed by atoms with Crippen molar-refractivity contribution in [1.29, 1.82) is 0 Å². The number of para-hydroxylation sites is 1. The van der Waals surface area contributed by atoms with Crippen molar-refractivity contribution in [2.75, 3.05) is 27.2 Å². The summed E-state index contributed by atoms with van der Waals surface area (Å²) in [5.41, 5.74) is 2.60. The minimum Gasteiger partial charge on any atom is -0.361 e. The molecule has 0 saturated heterocycles. The lowest BCUT2D eigenvalue weighted by atomic mass is 10.1. The molecule has 0 spiro atoms. The Labute approximate surface area is 139 Å². The number of nitrogens with zero attached hydrogens (tertiary/aromatic N) is 2. The number of aliphatic imine (C=N–C) groups is 1. The largest absolute Gasteiger partial charge is 0.361 e. The number of fused-ring (bicyclic) bond motifs is 1. The second-order valence-electron chi connectivity index (χ2n) is 5.79. The number of guanidine groups is 1. The van der Waals surface area contributed by atoms with E-state index in [9.17, 15) is 0 Å². The molecule has 4 heteroatoms. The summed E-state index contributed by atoms with van der Waals surface area (Å²) < 4.78 is 0. The zero-order valence-electron chi connectivity index (χ0n) is 14.3. The molecular weight excluding hydrogens is 284 g/mol. The van der Waals surface area contributed by atoms with Crippen molar-refractivity contribution in [2.45, 2.75) is 25.7 Å². The van der Waals surface area contributed by atoms with Crippen LogP contribution in [0.3, 0.4) is 0 Å². The standard InChI is InChI=1S/C19H28N4/c1-4-5-8-14-23(3)19(20-2)21-13-9-10-16-15-22-18-12-7-6-11-17(16)18/h4,6-7,11-12,15,22H,1,5,8-10,13-14H2,2-3H3,(H,20,21). The number of aryl methyl sites for hydroxylation is 1. The van der Waals surface area contributed by atoms with Gasteiger partial charge in [0.15, 0.2) is 5.96 Å². The molecule has 2 N–H and O–H groups in total. The van der Waals surface area contributed by atoms with E-state index in [1.807, 2.05) is 13.1 Å². The molecule has 0 aliphatic carbocycles. The summed E-state index contributed by atoms with van der Waals surface area (Å²) >= 11 is 0. The van der Waals surface area contributed by atoms with Crippen LogP contribution in [0.1, 0.15) is 24.8 Å². The summed E-state index contributed by atoms with van der Waals surface area (Å²) in [6, 6.07) is 8.46. The molecule has 23 heavy (non-hydrogen) atoms. The average Bonchev–Trinajstić information content (AvgIpc) is 2.98. The Morgan fingerprint density at radius 3 is 2.96 bits per heavy atom. The molecule has 1 heterocycles. The molecule has 0 radical (unpaired) electrons. The van der Waals surface area contributed by atoms with Crippen LogP contribution in [0, 0.1) is 0 Å². The lowest BCUT2D eigenvalue weighted by molar-refractivity contribution is 0.469. The number of rotatable bonds is 8. The maximum absolute atomic E-state index is 4.35. The van der Waals surface area contributed by atoms with Crippen LogP contribution in [0.4, 0.5) is 0 Å². The maximum Gasteiger partial charge on any atom is 0.193 e. The van der Waals surface area contributed by atoms with Gasteiger partial charge in [0.05, 0.1) is 0 Å². The Morgan fingerprint density at radius 2 is 2.17 bits per heavy atom. The Morgan fingerprint density at radius 1 is 1.35 bits per heavy atom. The number of aromatic nitrogens is 1. The summed E-state index contributed by atoms with van der Waals surface area (Å²) in [5, 5.41) is 4.78. The SMILES string of the molecule is C=CCCCN(C)C(=NC)NCCCc1c[nH]c2ccccc12. The molecule has 1 aromatic carbocycles. The lowest BCUT2D eigenvalue weighted by Crippen LogP contribution is -2.39. The molecule has 2 rings (SSSR count). The summed E-state index contributed by atoms with van der Waals surface area (Å²) in [7, 11) is 3.92. The van der Waals surface area contributed by atoms with Crippen LogP contribution >= 0.6 is 0 Å². The number of aromatic amines is 1. The zero-order valence-corrected chi connectivity index (χ0v) is 14.3. The Hall–Kier alpha value is -2.23. The summed E-state index contributed by atoms with van der Waals surface area (Å²) in [4.78, 5) is 9.86. The quantitative estimate of drug-likeness (QED) is 0.339. The van der Waals surface area contributed by atoms with Crippen LogP contribution in [-0.4, -0.2) is 43.0 Å². The van der Waals surface area contributed by atoms with E-state index in [1.165, 1.54) is 16.5 Å². The molecule has 0 unspecified atom stereocenters. The van der Waals surface area contributed by atoms with Gasteiger partial charge in [-0.15, -0.1) is 6.58 Å². The summed E-state index contributed by atoms with van der Waals surface area (Å²) in [5.74, 6) is 0.966. The highest BCUT2D eigenvalue weighted by molar-refractivity contribution is 5.83. The van der Waals surface area contributed by atoms with E-state index in [2.05, 4.69) is 64.3 Å². The molecule has 0 amide bonds. The Balaban J connectivity index is 1.76. The number of hydrogen-bond acceptors (Lipinski definition) is 1. The van der Waals surface area contributed by atoms with E-state index in [-0.39, 0.29) is 0 Å². The summed E-state index contributed by atoms with van der Waals surface area (Å²) in [6.07, 6.45) is 8.39. The third-order valence-electron chi connectivity index (χ3n) is 4.06. The van der Waals surface area contributed by atoms with Crippen LogP contribution in [0.15, 0.2) is 48.1 Å². The minimum atomic E-state index is 0.929. The van der Waals surface area contributed by atoms with E-state index in [4.69, 9.17) is 0 Å². The number of unbranched alkanes of at least 4 members (excludes halogenated alkanes) is 1. The van der Waals surface area contributed by atoms with Gasteiger partial charge in [-0.2, -0.15) is 0 Å². The van der Waals surface area contributed by atoms with Crippen molar-refractivity contribution < 1.29 is 0 Å². The molecule has 2 aromatic rings. The fourth-order valence-corrected chi connectivity index (χ4v) is 2.78. The van der Waals surface area contributed by atoms with Crippen molar-refractivity contribution in [1.82, 2.24) is 15.2 Å². The second-order valence-corrected chi connectivity index (χ2v) is 5.79. The first-order valence-corrected chi connectivity index (χ1v) is 8.34. The molecule has 124 valence electrons. The molecular formula is C19H28N4. The van der Waals surface area contributed by atoms with E-state index in [1.54, 1.807) is 0 Å². The molecule has 0 aliphatic heterocycles. The van der Waals surface area contributed by atoms with Gasteiger partial charge in [-0.1, -0.05) is 24.3 Å². The van der Waals surface area contributed by atoms with Gasteiger partial charge in [-0.05, 0) is 37.3 Å². The van der Waals surface area contributed by atoms with Gasteiger partial charge < -0.3 is 15.2 Å². The topological polar surface area (TPSA) is 43.4 Å². The maximum atomic E-state index is 4.35. The van der Waals surface area contributed by atoms with Gasteiger partial charge in [0.2, 0.25) is 0 Å². The number of nitrogens with one attached hydrogen (secondary N) is 2. The zero-order chi connectivity index (χ0) is 16.5. The van der Waals surface area contributed by atoms with Gasteiger partial charge in [-0.25, -0.2) is 0 Å². The number of hydrogen-bond donors (Lipinski definition) is 2. The highest BCUT2D eigenvalue weighted by Crippen LogP contribution is 2.18. The van der Waals surface area contributed by atoms with E-state index in [0.717, 1.165) is 44.7 Å². The van der Waals surface area contributed by atoms with Crippen LogP contribution in [0.5, 0.6) is 0 Å². The van der Waals surface area contributed by atoms with Crippen LogP contribution in [-0.2, 0) is 6.42 Å². The highest BCUT2D eigenvalue weighted by atomic mass is 15.3. The third kappa shape index (κ3) is 4.88. The minimum absolute atomic E-state index is 0.929. The first kappa shape index (κ1) is 17.1. The predicted octanol–water partition coefficient (Wildman–Crippen LogP) is 3.57. The van der Waals surface area contributed by atoms with Crippen molar-refractivity contribution in [3.63, 3.8) is 0 Å². The molecule has 0 fully saturated rings. The van der Waals surface area contributed by atoms with Crippen molar-refractivity contribution in [3.05, 3.63) is 48.7 Å². The first-order valence-electron chi connectivity index (χ1n) is 8.34. The van der Waals surface area contributed by atoms with Crippen molar-refractivity contribution in [2.24, 2.45) is 4.99 Å². The van der Waals surface area contributed by atoms with Crippen molar-refractivity contribution in [3.8, 4) is 0 Å². The molecule has 1 aromatic heterocycles. The number of H-pyrrole nitrogens is 1. The third-order valence-corrected chi connectivity index (χ3v) is 4.06. The fraction of sp³-hybridized carbons (Fsp3) is 0.421. The van der Waals surface area contributed by atoms with Crippen molar-refractivity contribution >= 4 is 16.9 Å². The van der Waals surface area contributed by atoms with Gasteiger partial charge in [0.1, 0.15) is 0 Å². The smallest absolute Gasteiger partial charge is 0.193 e. The Kier molecular flexibility index (Phi) is 6.73. The van der Waals surface area contributed by atoms with Gasteiger partial charge in [-0.3, -0.25) is 4.99 Å².